The number of benzene rings is 2. The van der Waals surface area contributed by atoms with Gasteiger partial charge in [-0.25, -0.2) is 4.98 Å². The number of nitrogens with zero attached hydrogens (tertiary/aromatic N) is 3. The number of rotatable bonds is 4. The highest BCUT2D eigenvalue weighted by Gasteiger charge is 2.30. The summed E-state index contributed by atoms with van der Waals surface area (Å²) in [5.41, 5.74) is 1.36. The summed E-state index contributed by atoms with van der Waals surface area (Å²) in [5.74, 6) is 0.237. The minimum atomic E-state index is -4.43. The molecule has 0 saturated heterocycles. The van der Waals surface area contributed by atoms with Crippen LogP contribution in [0.1, 0.15) is 22.4 Å². The normalized spacial score (nSPS) is 14.3. The number of hydrogen-bond acceptors (Lipinski definition) is 5. The van der Waals surface area contributed by atoms with Crippen LogP contribution in [0.2, 0.25) is 0 Å². The van der Waals surface area contributed by atoms with Crippen molar-refractivity contribution in [1.29, 1.82) is 0 Å². The average molecular weight is 430 g/mol. The molecule has 0 atom stereocenters. The maximum atomic E-state index is 12.8. The van der Waals surface area contributed by atoms with Gasteiger partial charge in [-0.1, -0.05) is 24.3 Å². The summed E-state index contributed by atoms with van der Waals surface area (Å²) in [4.78, 5) is 32.1. The molecule has 10 heteroatoms. The van der Waals surface area contributed by atoms with E-state index in [0.29, 0.717) is 42.9 Å². The number of halogens is 3. The van der Waals surface area contributed by atoms with Gasteiger partial charge in [-0.15, -0.1) is 0 Å². The Hall–Kier alpha value is -3.53. The summed E-state index contributed by atoms with van der Waals surface area (Å²) in [6.45, 7) is 1.52. The van der Waals surface area contributed by atoms with E-state index in [9.17, 15) is 28.1 Å². The predicted octanol–water partition coefficient (Wildman–Crippen LogP) is 3.92. The minimum absolute atomic E-state index is 0.0178. The maximum Gasteiger partial charge on any atom is 0.416 e. The molecule has 0 bridgehead atoms. The van der Waals surface area contributed by atoms with Gasteiger partial charge in [-0.3, -0.25) is 19.8 Å². The van der Waals surface area contributed by atoms with Crippen LogP contribution in [0, 0.1) is 10.1 Å². The number of aromatic amines is 1. The lowest BCUT2D eigenvalue weighted by Crippen LogP contribution is -2.35. The number of hydrogen-bond donors (Lipinski definition) is 1. The second kappa shape index (κ2) is 7.95. The topological polar surface area (TPSA) is 92.1 Å². The van der Waals surface area contributed by atoms with Crippen molar-refractivity contribution in [2.24, 2.45) is 0 Å². The van der Waals surface area contributed by atoms with Crippen LogP contribution in [0.4, 0.5) is 18.9 Å². The van der Waals surface area contributed by atoms with E-state index >= 15 is 0 Å². The Bertz CT molecular complexity index is 1170. The SMILES string of the molecule is O=c1[nH]c(-c2ccc(C(F)(F)F)cc2)nc2c1CN(Cc1ccc([N+](=O)[O-])cc1)CC2. The van der Waals surface area contributed by atoms with Gasteiger partial charge < -0.3 is 4.98 Å². The molecule has 31 heavy (non-hydrogen) atoms. The van der Waals surface area contributed by atoms with Gasteiger partial charge >= 0.3 is 6.18 Å². The number of nitro benzene ring substituents is 1. The molecule has 0 unspecified atom stereocenters. The molecule has 1 aliphatic heterocycles. The molecule has 2 aromatic carbocycles. The number of fused-ring (bicyclic) bond motifs is 1. The molecule has 7 nitrogen and oxygen atoms in total. The number of alkyl halides is 3. The van der Waals surface area contributed by atoms with E-state index < -0.39 is 16.7 Å². The Labute approximate surface area is 174 Å². The number of non-ortho nitro benzene ring substituents is 1. The standard InChI is InChI=1S/C21H17F3N4O3/c22-21(23,24)15-5-3-14(4-6-15)19-25-18-9-10-27(12-17(18)20(29)26-19)11-13-1-7-16(8-2-13)28(30)31/h1-8H,9-12H2,(H,25,26,29). The zero-order valence-corrected chi connectivity index (χ0v) is 16.1. The first-order valence-electron chi connectivity index (χ1n) is 9.46. The van der Waals surface area contributed by atoms with E-state index in [2.05, 4.69) is 9.97 Å². The Morgan fingerprint density at radius 3 is 2.39 bits per heavy atom. The summed E-state index contributed by atoms with van der Waals surface area (Å²) >= 11 is 0. The average Bonchev–Trinajstić information content (AvgIpc) is 2.74. The lowest BCUT2D eigenvalue weighted by atomic mass is 10.0. The third kappa shape index (κ3) is 4.48. The van der Waals surface area contributed by atoms with E-state index in [1.807, 2.05) is 4.90 Å². The monoisotopic (exact) mass is 430 g/mol. The van der Waals surface area contributed by atoms with Crippen molar-refractivity contribution in [1.82, 2.24) is 14.9 Å². The second-order valence-corrected chi connectivity index (χ2v) is 7.30. The zero-order chi connectivity index (χ0) is 22.2. The summed E-state index contributed by atoms with van der Waals surface area (Å²) in [7, 11) is 0. The van der Waals surface area contributed by atoms with Crippen molar-refractivity contribution < 1.29 is 18.1 Å². The molecule has 0 spiro atoms. The molecule has 4 rings (SSSR count). The van der Waals surface area contributed by atoms with Gasteiger partial charge in [0.05, 0.1) is 21.7 Å². The van der Waals surface area contributed by atoms with Gasteiger partial charge in [0.2, 0.25) is 0 Å². The van der Waals surface area contributed by atoms with Gasteiger partial charge in [-0.2, -0.15) is 13.2 Å². The fraction of sp³-hybridized carbons (Fsp3) is 0.238. The van der Waals surface area contributed by atoms with Crippen LogP contribution in [-0.2, 0) is 25.7 Å². The quantitative estimate of drug-likeness (QED) is 0.500. The van der Waals surface area contributed by atoms with Crippen molar-refractivity contribution in [3.05, 3.63) is 91.4 Å². The smallest absolute Gasteiger partial charge is 0.306 e. The Morgan fingerprint density at radius 2 is 1.77 bits per heavy atom. The molecule has 2 heterocycles. The molecular weight excluding hydrogens is 413 g/mol. The van der Waals surface area contributed by atoms with Crippen molar-refractivity contribution in [3.8, 4) is 11.4 Å². The first-order chi connectivity index (χ1) is 14.7. The highest BCUT2D eigenvalue weighted by Crippen LogP contribution is 2.30. The van der Waals surface area contributed by atoms with Crippen LogP contribution in [0.15, 0.2) is 53.3 Å². The van der Waals surface area contributed by atoms with E-state index in [4.69, 9.17) is 0 Å². The van der Waals surface area contributed by atoms with E-state index in [1.54, 1.807) is 12.1 Å². The third-order valence-electron chi connectivity index (χ3n) is 5.19. The third-order valence-corrected chi connectivity index (χ3v) is 5.19. The number of H-pyrrole nitrogens is 1. The fourth-order valence-electron chi connectivity index (χ4n) is 3.55. The largest absolute Gasteiger partial charge is 0.416 e. The van der Waals surface area contributed by atoms with Crippen LogP contribution in [0.25, 0.3) is 11.4 Å². The van der Waals surface area contributed by atoms with Gasteiger partial charge in [0.25, 0.3) is 11.2 Å². The number of nitrogens with one attached hydrogen (secondary N) is 1. The molecule has 3 aromatic rings. The van der Waals surface area contributed by atoms with E-state index in [-0.39, 0.29) is 17.1 Å². The lowest BCUT2D eigenvalue weighted by Gasteiger charge is -2.27. The van der Waals surface area contributed by atoms with Crippen LogP contribution in [0.3, 0.4) is 0 Å². The zero-order valence-electron chi connectivity index (χ0n) is 16.1. The van der Waals surface area contributed by atoms with Crippen LogP contribution in [-0.4, -0.2) is 26.3 Å². The van der Waals surface area contributed by atoms with Gasteiger partial charge in [-0.05, 0) is 17.7 Å². The Kier molecular flexibility index (Phi) is 5.32. The fourth-order valence-corrected chi connectivity index (χ4v) is 3.55. The molecule has 0 fully saturated rings. The number of aromatic nitrogens is 2. The second-order valence-electron chi connectivity index (χ2n) is 7.30. The van der Waals surface area contributed by atoms with Crippen LogP contribution >= 0.6 is 0 Å². The van der Waals surface area contributed by atoms with Crippen molar-refractivity contribution in [2.75, 3.05) is 6.54 Å². The molecule has 1 aliphatic rings. The molecule has 0 aliphatic carbocycles. The van der Waals surface area contributed by atoms with Gasteiger partial charge in [0.15, 0.2) is 0 Å². The van der Waals surface area contributed by atoms with Crippen molar-refractivity contribution in [3.63, 3.8) is 0 Å². The first kappa shape index (κ1) is 20.7. The summed E-state index contributed by atoms with van der Waals surface area (Å²) in [6.07, 6.45) is -3.91. The van der Waals surface area contributed by atoms with Crippen molar-refractivity contribution in [2.45, 2.75) is 25.7 Å². The van der Waals surface area contributed by atoms with Gasteiger partial charge in [0, 0.05) is 43.8 Å². The Balaban J connectivity index is 1.52. The molecule has 160 valence electrons. The highest BCUT2D eigenvalue weighted by molar-refractivity contribution is 5.56. The van der Waals surface area contributed by atoms with Gasteiger partial charge in [0.1, 0.15) is 5.82 Å². The molecule has 0 radical (unpaired) electrons. The molecule has 1 aromatic heterocycles. The van der Waals surface area contributed by atoms with Crippen molar-refractivity contribution >= 4 is 5.69 Å². The molecule has 0 saturated carbocycles. The predicted molar refractivity (Wildman–Crippen MR) is 106 cm³/mol. The first-order valence-corrected chi connectivity index (χ1v) is 9.46. The maximum absolute atomic E-state index is 12.8. The Morgan fingerprint density at radius 1 is 1.10 bits per heavy atom. The summed E-state index contributed by atoms with van der Waals surface area (Å²) in [5, 5.41) is 10.8. The summed E-state index contributed by atoms with van der Waals surface area (Å²) < 4.78 is 38.3. The van der Waals surface area contributed by atoms with E-state index in [0.717, 1.165) is 17.7 Å². The molecular formula is C21H17F3N4O3. The number of nitro groups is 1. The summed E-state index contributed by atoms with van der Waals surface area (Å²) in [6, 6.07) is 10.7. The lowest BCUT2D eigenvalue weighted by molar-refractivity contribution is -0.384. The molecule has 0 amide bonds. The highest BCUT2D eigenvalue weighted by atomic mass is 19.4. The van der Waals surface area contributed by atoms with Crippen LogP contribution in [0.5, 0.6) is 0 Å². The minimum Gasteiger partial charge on any atom is -0.306 e. The molecule has 1 N–H and O–H groups in total. The van der Waals surface area contributed by atoms with E-state index in [1.165, 1.54) is 24.3 Å². The van der Waals surface area contributed by atoms with Crippen LogP contribution < -0.4 is 5.56 Å².